The highest BCUT2D eigenvalue weighted by molar-refractivity contribution is 14.1. The number of halogens is 1. The minimum absolute atomic E-state index is 0.296. The number of nitrogens with one attached hydrogen (secondary N) is 1. The monoisotopic (exact) mass is 414 g/mol. The van der Waals surface area contributed by atoms with Crippen LogP contribution in [0.1, 0.15) is 28.7 Å². The van der Waals surface area contributed by atoms with Gasteiger partial charge in [-0.3, -0.25) is 4.79 Å². The second kappa shape index (κ2) is 7.39. The van der Waals surface area contributed by atoms with Crippen molar-refractivity contribution < 1.29 is 18.8 Å². The Hall–Kier alpha value is -1.90. The van der Waals surface area contributed by atoms with Crippen molar-refractivity contribution in [2.24, 2.45) is 0 Å². The first kappa shape index (κ1) is 16.5. The van der Waals surface area contributed by atoms with Crippen LogP contribution in [0, 0.1) is 10.5 Å². The van der Waals surface area contributed by atoms with E-state index in [-0.39, 0.29) is 6.61 Å². The van der Waals surface area contributed by atoms with Gasteiger partial charge < -0.3 is 14.6 Å². The predicted molar refractivity (Wildman–Crippen MR) is 88.7 cm³/mol. The standard InChI is InChI=1S/C15H15IN2O4/c1-3-12-14(9(2)22-18-12)15(20)21-8-13(19)17-11-6-4-5-10(16)7-11/h4-7H,3,8H2,1-2H3,(H,17,19). The zero-order valence-electron chi connectivity index (χ0n) is 12.2. The molecule has 22 heavy (non-hydrogen) atoms. The summed E-state index contributed by atoms with van der Waals surface area (Å²) in [6.07, 6.45) is 0.552. The van der Waals surface area contributed by atoms with E-state index in [0.717, 1.165) is 3.57 Å². The van der Waals surface area contributed by atoms with Gasteiger partial charge in [0.1, 0.15) is 11.3 Å². The first-order chi connectivity index (χ1) is 10.5. The molecule has 0 unspecified atom stereocenters. The van der Waals surface area contributed by atoms with E-state index in [0.29, 0.717) is 29.1 Å². The first-order valence-corrected chi connectivity index (χ1v) is 7.76. The number of anilines is 1. The van der Waals surface area contributed by atoms with Crippen molar-refractivity contribution in [3.05, 3.63) is 44.9 Å². The largest absolute Gasteiger partial charge is 0.452 e. The maximum Gasteiger partial charge on any atom is 0.344 e. The lowest BCUT2D eigenvalue weighted by Gasteiger charge is -2.07. The number of carbonyl (C=O) groups is 2. The third-order valence-corrected chi connectivity index (χ3v) is 3.59. The molecule has 7 heteroatoms. The van der Waals surface area contributed by atoms with Crippen molar-refractivity contribution in [2.75, 3.05) is 11.9 Å². The molecule has 0 atom stereocenters. The molecular weight excluding hydrogens is 399 g/mol. The van der Waals surface area contributed by atoms with E-state index in [9.17, 15) is 9.59 Å². The number of hydrogen-bond acceptors (Lipinski definition) is 5. The summed E-state index contributed by atoms with van der Waals surface area (Å²) in [6, 6.07) is 7.33. The molecule has 1 amide bonds. The Morgan fingerprint density at radius 3 is 2.86 bits per heavy atom. The third kappa shape index (κ3) is 4.06. The number of ether oxygens (including phenoxy) is 1. The summed E-state index contributed by atoms with van der Waals surface area (Å²) >= 11 is 2.15. The zero-order valence-corrected chi connectivity index (χ0v) is 14.3. The maximum absolute atomic E-state index is 12.0. The average molecular weight is 414 g/mol. The first-order valence-electron chi connectivity index (χ1n) is 6.69. The van der Waals surface area contributed by atoms with Crippen molar-refractivity contribution in [3.63, 3.8) is 0 Å². The molecule has 0 aliphatic carbocycles. The van der Waals surface area contributed by atoms with Crippen molar-refractivity contribution in [1.29, 1.82) is 0 Å². The highest BCUT2D eigenvalue weighted by Gasteiger charge is 2.21. The number of aryl methyl sites for hydroxylation is 2. The third-order valence-electron chi connectivity index (χ3n) is 2.92. The molecule has 0 bridgehead atoms. The van der Waals surface area contributed by atoms with Crippen LogP contribution in [0.5, 0.6) is 0 Å². The van der Waals surface area contributed by atoms with Crippen LogP contribution in [0.2, 0.25) is 0 Å². The van der Waals surface area contributed by atoms with Crippen molar-refractivity contribution in [3.8, 4) is 0 Å². The lowest BCUT2D eigenvalue weighted by Crippen LogP contribution is -2.21. The maximum atomic E-state index is 12.0. The fourth-order valence-corrected chi connectivity index (χ4v) is 2.43. The molecule has 1 aromatic heterocycles. The summed E-state index contributed by atoms with van der Waals surface area (Å²) < 4.78 is 11.0. The Kier molecular flexibility index (Phi) is 5.53. The Labute approximate surface area is 141 Å². The van der Waals surface area contributed by atoms with Gasteiger partial charge >= 0.3 is 5.97 Å². The number of nitrogens with zero attached hydrogens (tertiary/aromatic N) is 1. The molecular formula is C15H15IN2O4. The predicted octanol–water partition coefficient (Wildman–Crippen LogP) is 2.95. The second-order valence-electron chi connectivity index (χ2n) is 4.55. The molecule has 0 saturated carbocycles. The van der Waals surface area contributed by atoms with Crippen LogP contribution in [0.25, 0.3) is 0 Å². The van der Waals surface area contributed by atoms with E-state index >= 15 is 0 Å². The fraction of sp³-hybridized carbons (Fsp3) is 0.267. The van der Waals surface area contributed by atoms with Crippen LogP contribution >= 0.6 is 22.6 Å². The summed E-state index contributed by atoms with van der Waals surface area (Å²) in [5, 5.41) is 6.45. The summed E-state index contributed by atoms with van der Waals surface area (Å²) in [6.45, 7) is 3.13. The second-order valence-corrected chi connectivity index (χ2v) is 5.79. The van der Waals surface area contributed by atoms with Gasteiger partial charge in [-0.25, -0.2) is 4.79 Å². The van der Waals surface area contributed by atoms with Crippen LogP contribution in [-0.4, -0.2) is 23.6 Å². The molecule has 6 nitrogen and oxygen atoms in total. The van der Waals surface area contributed by atoms with Crippen molar-refractivity contribution in [1.82, 2.24) is 5.16 Å². The number of aromatic nitrogens is 1. The fourth-order valence-electron chi connectivity index (χ4n) is 1.89. The van der Waals surface area contributed by atoms with Gasteiger partial charge in [-0.15, -0.1) is 0 Å². The number of hydrogen-bond donors (Lipinski definition) is 1. The average Bonchev–Trinajstić information content (AvgIpc) is 2.86. The molecule has 2 rings (SSSR count). The lowest BCUT2D eigenvalue weighted by molar-refractivity contribution is -0.119. The molecule has 0 saturated heterocycles. The molecule has 0 aliphatic rings. The molecule has 0 spiro atoms. The Bertz CT molecular complexity index is 697. The zero-order chi connectivity index (χ0) is 16.1. The van der Waals surface area contributed by atoms with Crippen molar-refractivity contribution in [2.45, 2.75) is 20.3 Å². The number of benzene rings is 1. The van der Waals surface area contributed by atoms with Gasteiger partial charge in [0.15, 0.2) is 6.61 Å². The van der Waals surface area contributed by atoms with Gasteiger partial charge in [0.25, 0.3) is 5.91 Å². The summed E-state index contributed by atoms with van der Waals surface area (Å²) in [4.78, 5) is 23.8. The van der Waals surface area contributed by atoms with Gasteiger partial charge in [-0.2, -0.15) is 0 Å². The van der Waals surface area contributed by atoms with E-state index < -0.39 is 11.9 Å². The molecule has 2 aromatic rings. The minimum atomic E-state index is -0.603. The van der Waals surface area contributed by atoms with Crippen molar-refractivity contribution >= 4 is 40.2 Å². The quantitative estimate of drug-likeness (QED) is 0.601. The summed E-state index contributed by atoms with van der Waals surface area (Å²) in [5.74, 6) is -0.615. The SMILES string of the molecule is CCc1noc(C)c1C(=O)OCC(=O)Nc1cccc(I)c1. The van der Waals surface area contributed by atoms with E-state index in [1.165, 1.54) is 0 Å². The molecule has 0 aliphatic heterocycles. The van der Waals surface area contributed by atoms with Gasteiger partial charge in [0, 0.05) is 9.26 Å². The Morgan fingerprint density at radius 2 is 2.18 bits per heavy atom. The van der Waals surface area contributed by atoms with Crippen LogP contribution in [0.3, 0.4) is 0 Å². The summed E-state index contributed by atoms with van der Waals surface area (Å²) in [7, 11) is 0. The normalized spacial score (nSPS) is 10.3. The van der Waals surface area contributed by atoms with Gasteiger partial charge in [0.2, 0.25) is 0 Å². The van der Waals surface area contributed by atoms with Gasteiger partial charge in [-0.05, 0) is 54.1 Å². The molecule has 1 aromatic carbocycles. The molecule has 1 N–H and O–H groups in total. The van der Waals surface area contributed by atoms with E-state index in [1.807, 2.05) is 25.1 Å². The highest BCUT2D eigenvalue weighted by Crippen LogP contribution is 2.15. The minimum Gasteiger partial charge on any atom is -0.452 e. The molecule has 0 radical (unpaired) electrons. The van der Waals surface area contributed by atoms with Gasteiger partial charge in [0.05, 0.1) is 5.69 Å². The lowest BCUT2D eigenvalue weighted by atomic mass is 10.1. The molecule has 1 heterocycles. The topological polar surface area (TPSA) is 81.4 Å². The van der Waals surface area contributed by atoms with E-state index in [2.05, 4.69) is 33.1 Å². The van der Waals surface area contributed by atoms with E-state index in [4.69, 9.17) is 9.26 Å². The Balaban J connectivity index is 1.93. The van der Waals surface area contributed by atoms with Crippen LogP contribution in [0.15, 0.2) is 28.8 Å². The summed E-state index contributed by atoms with van der Waals surface area (Å²) in [5.41, 5.74) is 1.48. The van der Waals surface area contributed by atoms with E-state index in [1.54, 1.807) is 13.0 Å². The number of carbonyl (C=O) groups excluding carboxylic acids is 2. The smallest absolute Gasteiger partial charge is 0.344 e. The van der Waals surface area contributed by atoms with Crippen LogP contribution in [0.4, 0.5) is 5.69 Å². The number of rotatable bonds is 5. The van der Waals surface area contributed by atoms with Crippen LogP contribution < -0.4 is 5.32 Å². The molecule has 0 fully saturated rings. The van der Waals surface area contributed by atoms with Crippen LogP contribution in [-0.2, 0) is 16.0 Å². The number of amides is 1. The highest BCUT2D eigenvalue weighted by atomic mass is 127. The molecule has 116 valence electrons. The number of esters is 1. The van der Waals surface area contributed by atoms with Gasteiger partial charge in [-0.1, -0.05) is 18.1 Å². The Morgan fingerprint density at radius 1 is 1.41 bits per heavy atom.